The molecule has 3 rings (SSSR count). The van der Waals surface area contributed by atoms with E-state index in [1.54, 1.807) is 69.9 Å². The lowest BCUT2D eigenvalue weighted by Gasteiger charge is -2.36. The zero-order valence-corrected chi connectivity index (χ0v) is 53.4. The van der Waals surface area contributed by atoms with Crippen molar-refractivity contribution >= 4 is 76.8 Å². The number of likely N-dealkylation sites (N-methyl/N-ethyl adjacent to an activating group) is 6. The van der Waals surface area contributed by atoms with E-state index in [0.717, 1.165) is 38.9 Å². The molecule has 26 heteroatoms. The molecule has 0 aliphatic carbocycles. The fourth-order valence-electron chi connectivity index (χ4n) is 10.3. The van der Waals surface area contributed by atoms with Crippen molar-refractivity contribution in [1.29, 1.82) is 0 Å². The highest BCUT2D eigenvalue weighted by atomic mass is 16.2. The lowest BCUT2D eigenvalue weighted by molar-refractivity contribution is -0.149. The number of carbonyl (C=O) groups excluding carboxylic acids is 13. The fraction of sp³-hybridized carbons (Fsp3) is 0.683. The molecule has 2 aliphatic rings. The van der Waals surface area contributed by atoms with Gasteiger partial charge >= 0.3 is 0 Å². The summed E-state index contributed by atoms with van der Waals surface area (Å²) in [7, 11) is 8.07. The van der Waals surface area contributed by atoms with Gasteiger partial charge in [0, 0.05) is 61.8 Å². The molecule has 1 aromatic carbocycles. The topological polar surface area (TPSA) is 317 Å². The molecule has 86 heavy (non-hydrogen) atoms. The summed E-state index contributed by atoms with van der Waals surface area (Å²) in [4.78, 5) is 191. The second-order valence-electron chi connectivity index (χ2n) is 24.4. The van der Waals surface area contributed by atoms with E-state index in [1.807, 2.05) is 27.7 Å². The molecular weight excluding hydrogens is 1110 g/mol. The molecule has 0 bridgehead atoms. The summed E-state index contributed by atoms with van der Waals surface area (Å²) in [6.45, 7) is 15.5. The van der Waals surface area contributed by atoms with Gasteiger partial charge in [-0.25, -0.2) is 0 Å². The standard InChI is InChI=1S/C60H97N13O13/c1-35(2)27-43-54(80)63-32-49(77)67(11)34-47(75)61-33-50(78)69(13)45(28-36(3)4)59(85)72(16)52(38(7)8)56(82)62-31-46(74)65-42(30-48(76)68(12)40(10)53(79)66-51(37(5)6)60(86)71(43)15)58(84)70(14)44(29-41-23-19-17-20-24-41)55(81)64-39(9)57(83)73-25-21-18-22-26-73/h17,19-20,23-24,35-40,42-45,51-52H,18,21-22,25-34H2,1-16H3,(H,61,75)(H,62,82)(H,63,80)(H,64,81)(H,65,74)(H,66,79)/t39-,40?,42?,43?,44-,45?,51?,52?/m0/s1. The highest BCUT2D eigenvalue weighted by molar-refractivity contribution is 6.00. The molecule has 1 aromatic rings. The SMILES string of the molecule is CC(C)CC1C(=O)N(C)C(C(C)C)C(=O)NCC(=O)NC(C(=O)N(C)[C@@H](Cc2ccccc2)C(=O)N[C@@H](C)C(=O)N2CCCCC2)CC(=O)N(C)C(C)C(=O)NC(C(C)C)C(=O)N(C)C(CC(C)C)C(=O)NCC(=O)N(C)CC(=O)NCC(=O)N1C. The quantitative estimate of drug-likeness (QED) is 0.145. The van der Waals surface area contributed by atoms with Crippen molar-refractivity contribution < 1.29 is 62.3 Å². The van der Waals surface area contributed by atoms with Crippen molar-refractivity contribution in [3.05, 3.63) is 35.9 Å². The molecule has 13 amide bonds. The summed E-state index contributed by atoms with van der Waals surface area (Å²) >= 11 is 0. The van der Waals surface area contributed by atoms with Crippen molar-refractivity contribution in [2.24, 2.45) is 23.7 Å². The summed E-state index contributed by atoms with van der Waals surface area (Å²) in [5.74, 6) is -10.8. The molecule has 6 unspecified atom stereocenters. The van der Waals surface area contributed by atoms with E-state index in [0.29, 0.717) is 18.7 Å². The van der Waals surface area contributed by atoms with E-state index in [4.69, 9.17) is 0 Å². The summed E-state index contributed by atoms with van der Waals surface area (Å²) < 4.78 is 0. The minimum absolute atomic E-state index is 0.0617. The molecule has 0 radical (unpaired) electrons. The van der Waals surface area contributed by atoms with E-state index in [2.05, 4.69) is 31.9 Å². The van der Waals surface area contributed by atoms with Crippen LogP contribution in [0.2, 0.25) is 0 Å². The second-order valence-corrected chi connectivity index (χ2v) is 24.4. The molecule has 2 fully saturated rings. The van der Waals surface area contributed by atoms with Crippen molar-refractivity contribution in [3.8, 4) is 0 Å². The van der Waals surface area contributed by atoms with Gasteiger partial charge in [0.2, 0.25) is 76.8 Å². The third-order valence-corrected chi connectivity index (χ3v) is 15.8. The van der Waals surface area contributed by atoms with E-state index in [-0.39, 0.29) is 37.0 Å². The molecule has 0 aromatic heterocycles. The van der Waals surface area contributed by atoms with Gasteiger partial charge in [-0.15, -0.1) is 0 Å². The van der Waals surface area contributed by atoms with Crippen LogP contribution in [0.1, 0.15) is 113 Å². The van der Waals surface area contributed by atoms with Gasteiger partial charge in [-0.2, -0.15) is 0 Å². The fourth-order valence-corrected chi connectivity index (χ4v) is 10.3. The van der Waals surface area contributed by atoms with Crippen LogP contribution < -0.4 is 31.9 Å². The third-order valence-electron chi connectivity index (χ3n) is 15.8. The smallest absolute Gasteiger partial charge is 0.246 e. The Hall–Kier alpha value is -7.67. The second kappa shape index (κ2) is 33.9. The van der Waals surface area contributed by atoms with Crippen molar-refractivity contribution in [2.45, 2.75) is 163 Å². The predicted molar refractivity (Wildman–Crippen MR) is 320 cm³/mol. The maximum atomic E-state index is 15.0. The number of hydrogen-bond acceptors (Lipinski definition) is 13. The summed E-state index contributed by atoms with van der Waals surface area (Å²) in [5.41, 5.74) is 0.634. The first-order valence-corrected chi connectivity index (χ1v) is 29.8. The van der Waals surface area contributed by atoms with Crippen LogP contribution in [-0.4, -0.2) is 241 Å². The number of piperidine rings is 1. The Morgan fingerprint density at radius 3 is 1.74 bits per heavy atom. The van der Waals surface area contributed by atoms with Crippen molar-refractivity contribution in [2.75, 3.05) is 81.6 Å². The summed E-state index contributed by atoms with van der Waals surface area (Å²) in [5, 5.41) is 15.6. The van der Waals surface area contributed by atoms with Gasteiger partial charge in [-0.3, -0.25) is 62.3 Å². The largest absolute Gasteiger partial charge is 0.345 e. The molecular formula is C60H97N13O13. The number of carbonyl (C=O) groups is 13. The average molecular weight is 1210 g/mol. The Balaban J connectivity index is 2.15. The first kappa shape index (κ1) is 72.6. The highest BCUT2D eigenvalue weighted by Crippen LogP contribution is 2.20. The first-order chi connectivity index (χ1) is 40.2. The van der Waals surface area contributed by atoms with Crippen LogP contribution in [0, 0.1) is 23.7 Å². The molecule has 26 nitrogen and oxygen atoms in total. The van der Waals surface area contributed by atoms with Gasteiger partial charge < -0.3 is 66.2 Å². The number of likely N-dealkylation sites (tertiary alicyclic amines) is 1. The maximum absolute atomic E-state index is 15.0. The number of amides is 13. The lowest BCUT2D eigenvalue weighted by atomic mass is 9.97. The van der Waals surface area contributed by atoms with Gasteiger partial charge in [0.15, 0.2) is 0 Å². The molecule has 8 atom stereocenters. The van der Waals surface area contributed by atoms with Crippen LogP contribution in [0.25, 0.3) is 0 Å². The van der Waals surface area contributed by atoms with Crippen LogP contribution in [0.4, 0.5) is 0 Å². The van der Waals surface area contributed by atoms with Crippen LogP contribution in [0.5, 0.6) is 0 Å². The predicted octanol–water partition coefficient (Wildman–Crippen LogP) is -0.514. The van der Waals surface area contributed by atoms with E-state index < -0.39 is 164 Å². The zero-order valence-electron chi connectivity index (χ0n) is 53.4. The average Bonchev–Trinajstić information content (AvgIpc) is 2.59. The Bertz CT molecular complexity index is 2580. The van der Waals surface area contributed by atoms with Crippen LogP contribution in [-0.2, 0) is 68.7 Å². The number of benzene rings is 1. The number of rotatable bonds is 13. The molecule has 2 aliphatic heterocycles. The Kier molecular flexibility index (Phi) is 28.6. The zero-order chi connectivity index (χ0) is 65.0. The van der Waals surface area contributed by atoms with E-state index >= 15 is 4.79 Å². The Labute approximate surface area is 507 Å². The highest BCUT2D eigenvalue weighted by Gasteiger charge is 2.41. The van der Waals surface area contributed by atoms with Gasteiger partial charge in [0.25, 0.3) is 0 Å². The van der Waals surface area contributed by atoms with Crippen LogP contribution >= 0.6 is 0 Å². The Morgan fingerprint density at radius 1 is 0.605 bits per heavy atom. The molecule has 2 saturated heterocycles. The van der Waals surface area contributed by atoms with E-state index in [1.165, 1.54) is 59.0 Å². The number of hydrogen-bond donors (Lipinski definition) is 6. The Morgan fingerprint density at radius 2 is 1.17 bits per heavy atom. The molecule has 0 saturated carbocycles. The van der Waals surface area contributed by atoms with Crippen molar-refractivity contribution in [3.63, 3.8) is 0 Å². The monoisotopic (exact) mass is 1210 g/mol. The lowest BCUT2D eigenvalue weighted by Crippen LogP contribution is -2.60. The van der Waals surface area contributed by atoms with Crippen LogP contribution in [0.15, 0.2) is 30.3 Å². The van der Waals surface area contributed by atoms with Gasteiger partial charge in [-0.1, -0.05) is 85.7 Å². The first-order valence-electron chi connectivity index (χ1n) is 29.8. The van der Waals surface area contributed by atoms with Crippen LogP contribution in [0.3, 0.4) is 0 Å². The van der Waals surface area contributed by atoms with E-state index in [9.17, 15) is 57.5 Å². The molecule has 2 heterocycles. The minimum Gasteiger partial charge on any atom is -0.345 e. The summed E-state index contributed by atoms with van der Waals surface area (Å²) in [6.07, 6.45) is 2.02. The van der Waals surface area contributed by atoms with Gasteiger partial charge in [0.05, 0.1) is 32.6 Å². The van der Waals surface area contributed by atoms with Gasteiger partial charge in [-0.05, 0) is 75.2 Å². The molecule has 6 N–H and O–H groups in total. The van der Waals surface area contributed by atoms with Crippen molar-refractivity contribution in [1.82, 2.24) is 66.2 Å². The minimum atomic E-state index is -1.75. The van der Waals surface area contributed by atoms with Gasteiger partial charge in [0.1, 0.15) is 48.3 Å². The maximum Gasteiger partial charge on any atom is 0.246 e. The third kappa shape index (κ3) is 21.1. The number of nitrogens with one attached hydrogen (secondary N) is 6. The summed E-state index contributed by atoms with van der Waals surface area (Å²) in [6, 6.07) is -1.38. The normalized spacial score (nSPS) is 23.3. The molecule has 0 spiro atoms. The number of nitrogens with zero attached hydrogens (tertiary/aromatic N) is 7. The molecule has 480 valence electrons.